The van der Waals surface area contributed by atoms with Gasteiger partial charge in [0.05, 0.1) is 0 Å². The molecule has 2 saturated carbocycles. The topological polar surface area (TPSA) is 15.3 Å². The highest BCUT2D eigenvalue weighted by atomic mass is 15.2. The van der Waals surface area contributed by atoms with E-state index in [1.54, 1.807) is 0 Å². The maximum absolute atomic E-state index is 3.81. The summed E-state index contributed by atoms with van der Waals surface area (Å²) in [4.78, 5) is 2.77. The molecule has 1 unspecified atom stereocenters. The summed E-state index contributed by atoms with van der Waals surface area (Å²) in [6.07, 6.45) is 14.7. The van der Waals surface area contributed by atoms with Crippen molar-refractivity contribution in [2.75, 3.05) is 26.2 Å². The first-order chi connectivity index (χ1) is 9.81. The summed E-state index contributed by atoms with van der Waals surface area (Å²) in [7, 11) is 0. The van der Waals surface area contributed by atoms with Crippen LogP contribution in [-0.2, 0) is 0 Å². The first-order valence-corrected chi connectivity index (χ1v) is 9.27. The molecule has 1 heterocycles. The van der Waals surface area contributed by atoms with Crippen molar-refractivity contribution in [3.05, 3.63) is 0 Å². The van der Waals surface area contributed by atoms with Gasteiger partial charge in [0, 0.05) is 12.6 Å². The van der Waals surface area contributed by atoms with E-state index in [1.165, 1.54) is 90.4 Å². The van der Waals surface area contributed by atoms with E-state index < -0.39 is 0 Å². The lowest BCUT2D eigenvalue weighted by atomic mass is 9.68. The number of piperidine rings is 1. The minimum atomic E-state index is 0.765. The van der Waals surface area contributed by atoms with Gasteiger partial charge in [-0.2, -0.15) is 0 Å². The number of hydrogen-bond donors (Lipinski definition) is 1. The Balaban J connectivity index is 1.44. The van der Waals surface area contributed by atoms with E-state index >= 15 is 0 Å². The Morgan fingerprint density at radius 2 is 1.75 bits per heavy atom. The standard InChI is InChI=1S/C18H34N2/c1-2-12-19-17(16-6-7-16)15-20-13-10-18(11-14-20)8-4-3-5-9-18/h16-17,19H,2-15H2,1H3. The van der Waals surface area contributed by atoms with E-state index in [1.807, 2.05) is 0 Å². The molecule has 0 aromatic heterocycles. The van der Waals surface area contributed by atoms with Gasteiger partial charge in [-0.1, -0.05) is 26.2 Å². The third kappa shape index (κ3) is 3.76. The molecule has 2 aliphatic carbocycles. The van der Waals surface area contributed by atoms with Crippen molar-refractivity contribution in [1.82, 2.24) is 10.2 Å². The average molecular weight is 278 g/mol. The molecule has 2 heteroatoms. The van der Waals surface area contributed by atoms with Crippen molar-refractivity contribution in [2.45, 2.75) is 77.2 Å². The largest absolute Gasteiger partial charge is 0.312 e. The van der Waals surface area contributed by atoms with Crippen LogP contribution in [0.25, 0.3) is 0 Å². The molecule has 1 N–H and O–H groups in total. The molecule has 3 aliphatic rings. The van der Waals surface area contributed by atoms with Gasteiger partial charge in [-0.3, -0.25) is 0 Å². The summed E-state index contributed by atoms with van der Waals surface area (Å²) < 4.78 is 0. The SMILES string of the molecule is CCCNC(CN1CCC2(CCCCC2)CC1)C1CC1. The lowest BCUT2D eigenvalue weighted by Crippen LogP contribution is -2.48. The van der Waals surface area contributed by atoms with E-state index in [2.05, 4.69) is 17.1 Å². The number of rotatable bonds is 6. The fourth-order valence-electron chi connectivity index (χ4n) is 4.50. The zero-order chi connectivity index (χ0) is 13.8. The predicted molar refractivity (Wildman–Crippen MR) is 86.0 cm³/mol. The highest BCUT2D eigenvalue weighted by Crippen LogP contribution is 2.44. The summed E-state index contributed by atoms with van der Waals surface area (Å²) >= 11 is 0. The molecule has 0 aromatic rings. The fourth-order valence-corrected chi connectivity index (χ4v) is 4.50. The van der Waals surface area contributed by atoms with Crippen LogP contribution in [0.15, 0.2) is 0 Å². The van der Waals surface area contributed by atoms with Crippen LogP contribution >= 0.6 is 0 Å². The molecule has 0 aromatic carbocycles. The van der Waals surface area contributed by atoms with Crippen molar-refractivity contribution < 1.29 is 0 Å². The second-order valence-corrected chi connectivity index (χ2v) is 7.76. The maximum atomic E-state index is 3.81. The first kappa shape index (κ1) is 14.8. The minimum absolute atomic E-state index is 0.765. The molecular formula is C18H34N2. The van der Waals surface area contributed by atoms with E-state index in [-0.39, 0.29) is 0 Å². The van der Waals surface area contributed by atoms with Crippen LogP contribution < -0.4 is 5.32 Å². The molecule has 0 amide bonds. The zero-order valence-corrected chi connectivity index (χ0v) is 13.5. The van der Waals surface area contributed by atoms with Gasteiger partial charge in [-0.05, 0) is 75.9 Å². The molecule has 1 saturated heterocycles. The summed E-state index contributed by atoms with van der Waals surface area (Å²) in [6, 6.07) is 0.787. The Hall–Kier alpha value is -0.0800. The van der Waals surface area contributed by atoms with Crippen LogP contribution in [0.2, 0.25) is 0 Å². The van der Waals surface area contributed by atoms with Gasteiger partial charge in [0.25, 0.3) is 0 Å². The highest BCUT2D eigenvalue weighted by molar-refractivity contribution is 4.92. The minimum Gasteiger partial charge on any atom is -0.312 e. The summed E-state index contributed by atoms with van der Waals surface area (Å²) in [5, 5.41) is 3.81. The molecule has 20 heavy (non-hydrogen) atoms. The quantitative estimate of drug-likeness (QED) is 0.795. The fraction of sp³-hybridized carbons (Fsp3) is 1.00. The monoisotopic (exact) mass is 278 g/mol. The molecule has 2 nitrogen and oxygen atoms in total. The van der Waals surface area contributed by atoms with E-state index in [9.17, 15) is 0 Å². The Labute approximate surface area is 125 Å². The molecule has 3 fully saturated rings. The van der Waals surface area contributed by atoms with Gasteiger partial charge in [-0.25, -0.2) is 0 Å². The van der Waals surface area contributed by atoms with Crippen LogP contribution in [-0.4, -0.2) is 37.1 Å². The van der Waals surface area contributed by atoms with Crippen LogP contribution in [0.5, 0.6) is 0 Å². The van der Waals surface area contributed by atoms with Gasteiger partial charge in [-0.15, -0.1) is 0 Å². The van der Waals surface area contributed by atoms with Gasteiger partial charge < -0.3 is 10.2 Å². The van der Waals surface area contributed by atoms with E-state index in [0.717, 1.165) is 17.4 Å². The number of likely N-dealkylation sites (tertiary alicyclic amines) is 1. The van der Waals surface area contributed by atoms with Gasteiger partial charge in [0.1, 0.15) is 0 Å². The van der Waals surface area contributed by atoms with Gasteiger partial charge in [0.15, 0.2) is 0 Å². The van der Waals surface area contributed by atoms with Crippen molar-refractivity contribution >= 4 is 0 Å². The lowest BCUT2D eigenvalue weighted by Gasteiger charge is -2.45. The Morgan fingerprint density at radius 1 is 1.05 bits per heavy atom. The highest BCUT2D eigenvalue weighted by Gasteiger charge is 2.37. The van der Waals surface area contributed by atoms with E-state index in [4.69, 9.17) is 0 Å². The van der Waals surface area contributed by atoms with Gasteiger partial charge >= 0.3 is 0 Å². The van der Waals surface area contributed by atoms with Crippen molar-refractivity contribution in [3.8, 4) is 0 Å². The maximum Gasteiger partial charge on any atom is 0.0223 e. The van der Waals surface area contributed by atoms with E-state index in [0.29, 0.717) is 0 Å². The van der Waals surface area contributed by atoms with Crippen LogP contribution in [0.4, 0.5) is 0 Å². The molecule has 0 bridgehead atoms. The van der Waals surface area contributed by atoms with Crippen molar-refractivity contribution in [2.24, 2.45) is 11.3 Å². The predicted octanol–water partition coefficient (Wildman–Crippen LogP) is 3.81. The second-order valence-electron chi connectivity index (χ2n) is 7.76. The number of nitrogens with zero attached hydrogens (tertiary/aromatic N) is 1. The normalized spacial score (nSPS) is 28.6. The molecule has 1 aliphatic heterocycles. The van der Waals surface area contributed by atoms with Crippen LogP contribution in [0.3, 0.4) is 0 Å². The van der Waals surface area contributed by atoms with Crippen molar-refractivity contribution in [1.29, 1.82) is 0 Å². The van der Waals surface area contributed by atoms with Crippen LogP contribution in [0.1, 0.15) is 71.1 Å². The summed E-state index contributed by atoms with van der Waals surface area (Å²) in [6.45, 7) is 7.55. The Kier molecular flexibility index (Phi) is 5.04. The second kappa shape index (κ2) is 6.79. The Bertz CT molecular complexity index is 282. The third-order valence-corrected chi connectivity index (χ3v) is 6.13. The first-order valence-electron chi connectivity index (χ1n) is 9.27. The number of hydrogen-bond acceptors (Lipinski definition) is 2. The van der Waals surface area contributed by atoms with Crippen LogP contribution in [0, 0.1) is 11.3 Å². The third-order valence-electron chi connectivity index (χ3n) is 6.13. The van der Waals surface area contributed by atoms with Gasteiger partial charge in [0.2, 0.25) is 0 Å². The molecule has 116 valence electrons. The Morgan fingerprint density at radius 3 is 2.35 bits per heavy atom. The summed E-state index contributed by atoms with van der Waals surface area (Å²) in [5.74, 6) is 0.993. The summed E-state index contributed by atoms with van der Waals surface area (Å²) in [5.41, 5.74) is 0.765. The molecule has 3 rings (SSSR count). The smallest absolute Gasteiger partial charge is 0.0223 e. The lowest BCUT2D eigenvalue weighted by molar-refractivity contribution is 0.0615. The number of nitrogens with one attached hydrogen (secondary N) is 1. The molecule has 0 radical (unpaired) electrons. The zero-order valence-electron chi connectivity index (χ0n) is 13.5. The molecule has 1 spiro atoms. The van der Waals surface area contributed by atoms with Crippen molar-refractivity contribution in [3.63, 3.8) is 0 Å². The molecular weight excluding hydrogens is 244 g/mol. The molecule has 1 atom stereocenters. The average Bonchev–Trinajstić information content (AvgIpc) is 3.31.